The molecular weight excluding hydrogens is 310 g/mol. The molecule has 7 heteroatoms. The van der Waals surface area contributed by atoms with Crippen LogP contribution in [0.5, 0.6) is 11.5 Å². The van der Waals surface area contributed by atoms with Crippen LogP contribution < -0.4 is 25.8 Å². The van der Waals surface area contributed by atoms with Gasteiger partial charge in [0.25, 0.3) is 11.8 Å². The number of rotatable bonds is 8. The molecule has 1 aromatic carbocycles. The highest BCUT2D eigenvalue weighted by atomic mass is 16.5. The first-order valence-corrected chi connectivity index (χ1v) is 7.97. The van der Waals surface area contributed by atoms with E-state index in [-0.39, 0.29) is 18.4 Å². The number of nitrogens with two attached hydrogens (primary N) is 1. The lowest BCUT2D eigenvalue weighted by Gasteiger charge is -2.29. The van der Waals surface area contributed by atoms with E-state index in [1.54, 1.807) is 18.2 Å². The fourth-order valence-corrected chi connectivity index (χ4v) is 2.52. The first-order chi connectivity index (χ1) is 11.4. The Morgan fingerprint density at radius 3 is 2.58 bits per heavy atom. The van der Waals surface area contributed by atoms with Gasteiger partial charge in [-0.2, -0.15) is 0 Å². The van der Waals surface area contributed by atoms with Crippen LogP contribution in [0.15, 0.2) is 18.2 Å². The van der Waals surface area contributed by atoms with Crippen molar-refractivity contribution in [1.82, 2.24) is 10.6 Å². The molecule has 7 nitrogen and oxygen atoms in total. The molecule has 1 unspecified atom stereocenters. The number of hydrogen-bond acceptors (Lipinski definition) is 5. The molecule has 0 bridgehead atoms. The molecule has 1 fully saturated rings. The largest absolute Gasteiger partial charge is 0.493 e. The quantitative estimate of drug-likeness (QED) is 0.648. The third-order valence-electron chi connectivity index (χ3n) is 4.36. The number of methoxy groups -OCH3 is 1. The third-order valence-corrected chi connectivity index (χ3v) is 4.36. The van der Waals surface area contributed by atoms with Gasteiger partial charge in [0.15, 0.2) is 18.1 Å². The Morgan fingerprint density at radius 2 is 2.04 bits per heavy atom. The molecule has 132 valence electrons. The minimum absolute atomic E-state index is 0.120. The number of ether oxygens (including phenoxy) is 2. The summed E-state index contributed by atoms with van der Waals surface area (Å²) in [6, 6.07) is 4.85. The van der Waals surface area contributed by atoms with Gasteiger partial charge in [-0.1, -0.05) is 0 Å². The second-order valence-corrected chi connectivity index (χ2v) is 6.18. The van der Waals surface area contributed by atoms with Crippen molar-refractivity contribution in [2.45, 2.75) is 25.3 Å². The Labute approximate surface area is 141 Å². The van der Waals surface area contributed by atoms with Gasteiger partial charge in [0, 0.05) is 19.2 Å². The Morgan fingerprint density at radius 1 is 1.33 bits per heavy atom. The molecule has 0 heterocycles. The van der Waals surface area contributed by atoms with E-state index in [4.69, 9.17) is 15.2 Å². The highest BCUT2D eigenvalue weighted by Crippen LogP contribution is 2.39. The normalized spacial score (nSPS) is 16.0. The van der Waals surface area contributed by atoms with Crippen molar-refractivity contribution in [3.8, 4) is 11.5 Å². The Kier molecular flexibility index (Phi) is 5.66. The Bertz CT molecular complexity index is 616. The van der Waals surface area contributed by atoms with Crippen molar-refractivity contribution in [3.05, 3.63) is 23.8 Å². The molecule has 0 spiro atoms. The van der Waals surface area contributed by atoms with Crippen molar-refractivity contribution in [1.29, 1.82) is 0 Å². The van der Waals surface area contributed by atoms with Gasteiger partial charge in [-0.15, -0.1) is 0 Å². The monoisotopic (exact) mass is 335 g/mol. The first kappa shape index (κ1) is 18.1. The van der Waals surface area contributed by atoms with Gasteiger partial charge in [0.2, 0.25) is 0 Å². The summed E-state index contributed by atoms with van der Waals surface area (Å²) in [5.74, 6) is 0.783. The fourth-order valence-electron chi connectivity index (χ4n) is 2.52. The first-order valence-electron chi connectivity index (χ1n) is 7.97. The van der Waals surface area contributed by atoms with Crippen LogP contribution in [0.25, 0.3) is 0 Å². The van der Waals surface area contributed by atoms with E-state index in [0.717, 1.165) is 12.8 Å². The number of likely N-dealkylation sites (N-methyl/N-ethyl adjacent to an activating group) is 1. The number of hydrogen-bond donors (Lipinski definition) is 3. The van der Waals surface area contributed by atoms with Crippen molar-refractivity contribution >= 4 is 11.8 Å². The van der Waals surface area contributed by atoms with Crippen molar-refractivity contribution in [2.24, 2.45) is 11.7 Å². The summed E-state index contributed by atoms with van der Waals surface area (Å²) in [4.78, 5) is 23.8. The SMILES string of the molecule is CNC(=O)COc1ccc(C(=O)NC(C)(CN)C2CC2)cc1OC. The van der Waals surface area contributed by atoms with Crippen LogP contribution in [0.4, 0.5) is 0 Å². The number of carbonyl (C=O) groups is 2. The number of benzene rings is 1. The van der Waals surface area contributed by atoms with Crippen LogP contribution in [-0.4, -0.2) is 44.7 Å². The molecule has 0 saturated heterocycles. The maximum absolute atomic E-state index is 12.5. The second-order valence-electron chi connectivity index (χ2n) is 6.18. The summed E-state index contributed by atoms with van der Waals surface area (Å²) in [5.41, 5.74) is 5.91. The third kappa shape index (κ3) is 4.17. The average Bonchev–Trinajstić information content (AvgIpc) is 3.44. The van der Waals surface area contributed by atoms with E-state index in [1.807, 2.05) is 6.92 Å². The molecule has 4 N–H and O–H groups in total. The molecular formula is C17H25N3O4. The van der Waals surface area contributed by atoms with E-state index in [2.05, 4.69) is 10.6 Å². The molecule has 0 radical (unpaired) electrons. The molecule has 1 aliphatic rings. The summed E-state index contributed by atoms with van der Waals surface area (Å²) in [5, 5.41) is 5.50. The van der Waals surface area contributed by atoms with E-state index < -0.39 is 5.54 Å². The number of carbonyl (C=O) groups excluding carboxylic acids is 2. The van der Waals surface area contributed by atoms with Crippen LogP contribution in [-0.2, 0) is 4.79 Å². The van der Waals surface area contributed by atoms with Crippen molar-refractivity contribution in [3.63, 3.8) is 0 Å². The van der Waals surface area contributed by atoms with E-state index >= 15 is 0 Å². The minimum Gasteiger partial charge on any atom is -0.493 e. The molecule has 0 aliphatic heterocycles. The predicted molar refractivity (Wildman–Crippen MR) is 90.2 cm³/mol. The molecule has 24 heavy (non-hydrogen) atoms. The number of amides is 2. The molecule has 1 saturated carbocycles. The van der Waals surface area contributed by atoms with Crippen LogP contribution in [0.1, 0.15) is 30.1 Å². The van der Waals surface area contributed by atoms with Gasteiger partial charge in [-0.25, -0.2) is 0 Å². The van der Waals surface area contributed by atoms with Gasteiger partial charge in [-0.05, 0) is 43.9 Å². The molecule has 1 aromatic rings. The lowest BCUT2D eigenvalue weighted by atomic mass is 9.95. The van der Waals surface area contributed by atoms with Crippen LogP contribution in [0, 0.1) is 5.92 Å². The average molecular weight is 335 g/mol. The molecule has 0 aromatic heterocycles. The summed E-state index contributed by atoms with van der Waals surface area (Å²) in [6.45, 7) is 2.25. The standard InChI is InChI=1S/C17H25N3O4/c1-17(10-18,12-5-6-12)20-16(22)11-4-7-13(14(8-11)23-3)24-9-15(21)19-2/h4,7-8,12H,5-6,9-10,18H2,1-3H3,(H,19,21)(H,20,22). The van der Waals surface area contributed by atoms with Gasteiger partial charge in [-0.3, -0.25) is 9.59 Å². The lowest BCUT2D eigenvalue weighted by molar-refractivity contribution is -0.122. The molecule has 2 rings (SSSR count). The van der Waals surface area contributed by atoms with E-state index in [9.17, 15) is 9.59 Å². The summed E-state index contributed by atoms with van der Waals surface area (Å²) < 4.78 is 10.7. The summed E-state index contributed by atoms with van der Waals surface area (Å²) in [7, 11) is 3.02. The van der Waals surface area contributed by atoms with E-state index in [1.165, 1.54) is 14.2 Å². The Balaban J connectivity index is 2.10. The van der Waals surface area contributed by atoms with Crippen LogP contribution in [0.3, 0.4) is 0 Å². The predicted octanol–water partition coefficient (Wildman–Crippen LogP) is 0.677. The zero-order chi connectivity index (χ0) is 17.7. The fraction of sp³-hybridized carbons (Fsp3) is 0.529. The lowest BCUT2D eigenvalue weighted by Crippen LogP contribution is -2.53. The van der Waals surface area contributed by atoms with Crippen molar-refractivity contribution < 1.29 is 19.1 Å². The topological polar surface area (TPSA) is 103 Å². The maximum Gasteiger partial charge on any atom is 0.257 e. The number of nitrogens with one attached hydrogen (secondary N) is 2. The maximum atomic E-state index is 12.5. The summed E-state index contributed by atoms with van der Waals surface area (Å²) >= 11 is 0. The van der Waals surface area contributed by atoms with Crippen LogP contribution >= 0.6 is 0 Å². The molecule has 1 aliphatic carbocycles. The second kappa shape index (κ2) is 7.53. The van der Waals surface area contributed by atoms with Crippen molar-refractivity contribution in [2.75, 3.05) is 27.3 Å². The minimum atomic E-state index is -0.390. The highest BCUT2D eigenvalue weighted by Gasteiger charge is 2.41. The highest BCUT2D eigenvalue weighted by molar-refractivity contribution is 5.95. The van der Waals surface area contributed by atoms with Gasteiger partial charge < -0.3 is 25.8 Å². The van der Waals surface area contributed by atoms with Gasteiger partial charge in [0.05, 0.1) is 12.6 Å². The molecule has 1 atom stereocenters. The van der Waals surface area contributed by atoms with Gasteiger partial charge >= 0.3 is 0 Å². The van der Waals surface area contributed by atoms with E-state index in [0.29, 0.717) is 29.5 Å². The zero-order valence-corrected chi connectivity index (χ0v) is 14.3. The smallest absolute Gasteiger partial charge is 0.257 e. The molecule has 2 amide bonds. The van der Waals surface area contributed by atoms with Crippen LogP contribution in [0.2, 0.25) is 0 Å². The summed E-state index contributed by atoms with van der Waals surface area (Å²) in [6.07, 6.45) is 2.17. The van der Waals surface area contributed by atoms with Gasteiger partial charge in [0.1, 0.15) is 0 Å². The Hall–Kier alpha value is -2.28. The zero-order valence-electron chi connectivity index (χ0n) is 14.3.